The topological polar surface area (TPSA) is 58.6 Å². The number of hydrogen-bond acceptors (Lipinski definition) is 3. The third kappa shape index (κ3) is 6.58. The molecular weight excluding hydrogens is 412 g/mol. The molecule has 0 aliphatic carbocycles. The van der Waals surface area contributed by atoms with Crippen LogP contribution >= 0.6 is 0 Å². The molecule has 3 aromatic carbocycles. The van der Waals surface area contributed by atoms with E-state index in [4.69, 9.17) is 4.74 Å². The van der Waals surface area contributed by atoms with Crippen molar-refractivity contribution in [3.05, 3.63) is 77.9 Å². The highest BCUT2D eigenvalue weighted by Crippen LogP contribution is 2.21. The average Bonchev–Trinajstić information content (AvgIpc) is 2.85. The van der Waals surface area contributed by atoms with Crippen molar-refractivity contribution < 1.29 is 14.3 Å². The molecule has 0 aliphatic heterocycles. The molecule has 1 N–H and O–H groups in total. The third-order valence-electron chi connectivity index (χ3n) is 6.00. The van der Waals surface area contributed by atoms with Crippen LogP contribution in [0.5, 0.6) is 5.75 Å². The van der Waals surface area contributed by atoms with Crippen molar-refractivity contribution in [3.8, 4) is 5.75 Å². The largest absolute Gasteiger partial charge is 0.497 e. The number of hydrogen-bond donors (Lipinski definition) is 1. The summed E-state index contributed by atoms with van der Waals surface area (Å²) in [4.78, 5) is 27.8. The average molecular weight is 447 g/mol. The van der Waals surface area contributed by atoms with Gasteiger partial charge in [0.05, 0.1) is 7.11 Å². The van der Waals surface area contributed by atoms with Crippen LogP contribution in [0.25, 0.3) is 10.8 Å². The Morgan fingerprint density at radius 2 is 1.73 bits per heavy atom. The number of nitrogens with one attached hydrogen (secondary N) is 1. The van der Waals surface area contributed by atoms with Crippen LogP contribution in [0.1, 0.15) is 44.2 Å². The van der Waals surface area contributed by atoms with Crippen molar-refractivity contribution in [2.75, 3.05) is 13.7 Å². The number of ether oxygens (including phenoxy) is 1. The van der Waals surface area contributed by atoms with Gasteiger partial charge in [-0.05, 0) is 53.8 Å². The third-order valence-corrected chi connectivity index (χ3v) is 6.00. The fourth-order valence-electron chi connectivity index (χ4n) is 3.94. The SMILES string of the molecule is CCCCNC(=O)[C@@H](C)N(Cc1ccc(OC)cc1)C(=O)CCc1cccc2ccccc12. The van der Waals surface area contributed by atoms with Crippen molar-refractivity contribution in [3.63, 3.8) is 0 Å². The monoisotopic (exact) mass is 446 g/mol. The van der Waals surface area contributed by atoms with Crippen LogP contribution in [0, 0.1) is 0 Å². The molecule has 0 aliphatic rings. The van der Waals surface area contributed by atoms with E-state index in [-0.39, 0.29) is 11.8 Å². The van der Waals surface area contributed by atoms with Gasteiger partial charge in [0.15, 0.2) is 0 Å². The molecule has 0 heterocycles. The second kappa shape index (κ2) is 12.0. The quantitative estimate of drug-likeness (QED) is 0.416. The van der Waals surface area contributed by atoms with Crippen molar-refractivity contribution in [1.82, 2.24) is 10.2 Å². The first-order chi connectivity index (χ1) is 16.0. The number of unbranched alkanes of at least 4 members (excludes halogenated alkanes) is 1. The Hall–Kier alpha value is -3.34. The molecule has 1 atom stereocenters. The Labute approximate surface area is 196 Å². The Morgan fingerprint density at radius 1 is 1.00 bits per heavy atom. The number of nitrogens with zero attached hydrogens (tertiary/aromatic N) is 1. The van der Waals surface area contributed by atoms with Gasteiger partial charge in [0.2, 0.25) is 11.8 Å². The molecule has 0 aromatic heterocycles. The number of methoxy groups -OCH3 is 1. The zero-order valence-electron chi connectivity index (χ0n) is 19.8. The second-order valence-electron chi connectivity index (χ2n) is 8.33. The van der Waals surface area contributed by atoms with Gasteiger partial charge in [-0.25, -0.2) is 0 Å². The minimum absolute atomic E-state index is 0.0307. The number of fused-ring (bicyclic) bond motifs is 1. The highest BCUT2D eigenvalue weighted by molar-refractivity contribution is 5.88. The molecule has 0 radical (unpaired) electrons. The molecule has 5 heteroatoms. The lowest BCUT2D eigenvalue weighted by molar-refractivity contribution is -0.140. The number of rotatable bonds is 11. The van der Waals surface area contributed by atoms with Crippen LogP contribution in [0.2, 0.25) is 0 Å². The fraction of sp³-hybridized carbons (Fsp3) is 0.357. The maximum atomic E-state index is 13.4. The Morgan fingerprint density at radius 3 is 2.45 bits per heavy atom. The van der Waals surface area contributed by atoms with Gasteiger partial charge in [0.1, 0.15) is 11.8 Å². The summed E-state index contributed by atoms with van der Waals surface area (Å²) in [7, 11) is 1.63. The van der Waals surface area contributed by atoms with Gasteiger partial charge in [0, 0.05) is 19.5 Å². The van der Waals surface area contributed by atoms with E-state index < -0.39 is 6.04 Å². The first kappa shape index (κ1) is 24.3. The summed E-state index contributed by atoms with van der Waals surface area (Å²) in [5.41, 5.74) is 2.11. The molecule has 0 saturated heterocycles. The van der Waals surface area contributed by atoms with Crippen LogP contribution in [0.15, 0.2) is 66.7 Å². The number of carbonyl (C=O) groups excluding carboxylic acids is 2. The predicted octanol–water partition coefficient (Wildman–Crippen LogP) is 5.11. The summed E-state index contributed by atoms with van der Waals surface area (Å²) in [5, 5.41) is 5.30. The highest BCUT2D eigenvalue weighted by Gasteiger charge is 2.25. The van der Waals surface area contributed by atoms with E-state index in [9.17, 15) is 9.59 Å². The van der Waals surface area contributed by atoms with Gasteiger partial charge >= 0.3 is 0 Å². The summed E-state index contributed by atoms with van der Waals surface area (Å²) in [6, 6.07) is 21.5. The summed E-state index contributed by atoms with van der Waals surface area (Å²) in [6.45, 7) is 4.89. The van der Waals surface area contributed by atoms with Crippen LogP contribution in [0.3, 0.4) is 0 Å². The summed E-state index contributed by atoms with van der Waals surface area (Å²) < 4.78 is 5.24. The molecule has 5 nitrogen and oxygen atoms in total. The molecule has 2 amide bonds. The molecule has 3 rings (SSSR count). The molecule has 0 bridgehead atoms. The van der Waals surface area contributed by atoms with E-state index in [1.807, 2.05) is 42.5 Å². The van der Waals surface area contributed by atoms with Gasteiger partial charge in [-0.15, -0.1) is 0 Å². The van der Waals surface area contributed by atoms with Crippen LogP contribution in [0.4, 0.5) is 0 Å². The zero-order chi connectivity index (χ0) is 23.6. The Kier molecular flexibility index (Phi) is 8.87. The van der Waals surface area contributed by atoms with E-state index >= 15 is 0 Å². The molecule has 0 fully saturated rings. The second-order valence-corrected chi connectivity index (χ2v) is 8.33. The number of amides is 2. The highest BCUT2D eigenvalue weighted by atomic mass is 16.5. The lowest BCUT2D eigenvalue weighted by Crippen LogP contribution is -2.47. The van der Waals surface area contributed by atoms with Crippen LogP contribution < -0.4 is 10.1 Å². The molecule has 0 spiro atoms. The summed E-state index contributed by atoms with van der Waals surface area (Å²) in [5.74, 6) is 0.616. The van der Waals surface area contributed by atoms with E-state index in [2.05, 4.69) is 36.5 Å². The lowest BCUT2D eigenvalue weighted by Gasteiger charge is -2.29. The summed E-state index contributed by atoms with van der Waals surface area (Å²) in [6.07, 6.45) is 2.90. The van der Waals surface area contributed by atoms with Gasteiger partial charge in [0.25, 0.3) is 0 Å². The van der Waals surface area contributed by atoms with Gasteiger partial charge in [-0.2, -0.15) is 0 Å². The van der Waals surface area contributed by atoms with Gasteiger partial charge in [-0.3, -0.25) is 9.59 Å². The fourth-order valence-corrected chi connectivity index (χ4v) is 3.94. The molecule has 3 aromatic rings. The van der Waals surface area contributed by atoms with Crippen molar-refractivity contribution in [1.29, 1.82) is 0 Å². The van der Waals surface area contributed by atoms with E-state index in [1.165, 1.54) is 10.8 Å². The smallest absolute Gasteiger partial charge is 0.242 e. The molecule has 0 unspecified atom stereocenters. The Balaban J connectivity index is 1.75. The van der Waals surface area contributed by atoms with E-state index in [0.717, 1.165) is 29.7 Å². The van der Waals surface area contributed by atoms with Crippen LogP contribution in [-0.2, 0) is 22.6 Å². The maximum Gasteiger partial charge on any atom is 0.242 e. The van der Waals surface area contributed by atoms with Crippen LogP contribution in [-0.4, -0.2) is 36.4 Å². The normalized spacial score (nSPS) is 11.7. The first-order valence-electron chi connectivity index (χ1n) is 11.7. The van der Waals surface area contributed by atoms with Gasteiger partial charge < -0.3 is 15.0 Å². The zero-order valence-corrected chi connectivity index (χ0v) is 19.8. The molecular formula is C28H34N2O3. The molecule has 174 valence electrons. The van der Waals surface area contributed by atoms with Crippen molar-refractivity contribution in [2.24, 2.45) is 0 Å². The molecule has 0 saturated carbocycles. The number of benzene rings is 3. The Bertz CT molecular complexity index is 1060. The minimum Gasteiger partial charge on any atom is -0.497 e. The first-order valence-corrected chi connectivity index (χ1v) is 11.7. The van der Waals surface area contributed by atoms with E-state index in [1.54, 1.807) is 18.9 Å². The standard InChI is InChI=1S/C28H34N2O3/c1-4-5-19-29-28(32)21(2)30(20-22-13-16-25(33-3)17-14-22)27(31)18-15-24-11-8-10-23-9-6-7-12-26(23)24/h6-14,16-17,21H,4-5,15,18-20H2,1-3H3,(H,29,32)/t21-/m1/s1. The van der Waals surface area contributed by atoms with E-state index in [0.29, 0.717) is 25.9 Å². The maximum absolute atomic E-state index is 13.4. The van der Waals surface area contributed by atoms with Gasteiger partial charge in [-0.1, -0.05) is 67.9 Å². The minimum atomic E-state index is -0.552. The summed E-state index contributed by atoms with van der Waals surface area (Å²) >= 11 is 0. The molecule has 33 heavy (non-hydrogen) atoms. The number of carbonyl (C=O) groups is 2. The lowest BCUT2D eigenvalue weighted by atomic mass is 10.0. The van der Waals surface area contributed by atoms with Crippen molar-refractivity contribution in [2.45, 2.75) is 52.1 Å². The predicted molar refractivity (Wildman–Crippen MR) is 133 cm³/mol. The van der Waals surface area contributed by atoms with Crippen molar-refractivity contribution >= 4 is 22.6 Å². The number of aryl methyl sites for hydroxylation is 1.